The van der Waals surface area contributed by atoms with Gasteiger partial charge in [-0.2, -0.15) is 0 Å². The largest absolute Gasteiger partial charge is 0.381 e. The van der Waals surface area contributed by atoms with Crippen molar-refractivity contribution in [2.45, 2.75) is 19.4 Å². The second-order valence-corrected chi connectivity index (χ2v) is 5.73. The summed E-state index contributed by atoms with van der Waals surface area (Å²) >= 11 is 0. The molecule has 3 heterocycles. The summed E-state index contributed by atoms with van der Waals surface area (Å²) in [6, 6.07) is 0. The summed E-state index contributed by atoms with van der Waals surface area (Å²) in [6.07, 6.45) is 3.93. The fraction of sp³-hybridized carbons (Fsp3) is 0.714. The first-order valence-electron chi connectivity index (χ1n) is 7.04. The van der Waals surface area contributed by atoms with E-state index in [9.17, 15) is 0 Å². The molecule has 1 atom stereocenters. The number of nitrogens with zero attached hydrogens (tertiary/aromatic N) is 4. The Balaban J connectivity index is 1.74. The number of aromatic nitrogens is 2. The van der Waals surface area contributed by atoms with E-state index in [4.69, 9.17) is 4.74 Å². The molecule has 1 aromatic heterocycles. The molecule has 104 valence electrons. The Morgan fingerprint density at radius 1 is 1.42 bits per heavy atom. The van der Waals surface area contributed by atoms with Crippen molar-refractivity contribution in [1.82, 2.24) is 14.9 Å². The molecule has 0 spiro atoms. The van der Waals surface area contributed by atoms with Crippen molar-refractivity contribution in [3.63, 3.8) is 0 Å². The summed E-state index contributed by atoms with van der Waals surface area (Å²) in [5, 5.41) is 0. The molecule has 0 N–H and O–H groups in total. The molecule has 2 aliphatic heterocycles. The van der Waals surface area contributed by atoms with Gasteiger partial charge in [0.05, 0.1) is 12.3 Å². The SMILES string of the molecule is CN(C)c1ncnc2c1CN(CC1CCOC1)CC2. The van der Waals surface area contributed by atoms with Gasteiger partial charge < -0.3 is 9.64 Å². The van der Waals surface area contributed by atoms with Gasteiger partial charge in [-0.3, -0.25) is 4.90 Å². The van der Waals surface area contributed by atoms with Crippen LogP contribution in [0.5, 0.6) is 0 Å². The van der Waals surface area contributed by atoms with Crippen molar-refractivity contribution in [2.75, 3.05) is 45.3 Å². The van der Waals surface area contributed by atoms with E-state index in [1.807, 2.05) is 14.1 Å². The molecule has 1 saturated heterocycles. The monoisotopic (exact) mass is 262 g/mol. The van der Waals surface area contributed by atoms with Crippen LogP contribution >= 0.6 is 0 Å². The van der Waals surface area contributed by atoms with E-state index in [-0.39, 0.29) is 0 Å². The summed E-state index contributed by atoms with van der Waals surface area (Å²) in [4.78, 5) is 13.5. The molecule has 2 aliphatic rings. The molecule has 1 fully saturated rings. The molecule has 0 amide bonds. The molecule has 19 heavy (non-hydrogen) atoms. The van der Waals surface area contributed by atoms with Gasteiger partial charge in [-0.15, -0.1) is 0 Å². The maximum Gasteiger partial charge on any atom is 0.136 e. The van der Waals surface area contributed by atoms with Crippen LogP contribution in [0.25, 0.3) is 0 Å². The minimum Gasteiger partial charge on any atom is -0.381 e. The van der Waals surface area contributed by atoms with Gasteiger partial charge in [0.25, 0.3) is 0 Å². The van der Waals surface area contributed by atoms with Gasteiger partial charge in [0.15, 0.2) is 0 Å². The molecular formula is C14H22N4O. The predicted molar refractivity (Wildman–Crippen MR) is 74.3 cm³/mol. The fourth-order valence-electron chi connectivity index (χ4n) is 3.02. The van der Waals surface area contributed by atoms with Crippen LogP contribution in [-0.2, 0) is 17.7 Å². The summed E-state index contributed by atoms with van der Waals surface area (Å²) in [5.41, 5.74) is 2.52. The second-order valence-electron chi connectivity index (χ2n) is 5.73. The van der Waals surface area contributed by atoms with E-state index < -0.39 is 0 Å². The Hall–Kier alpha value is -1.20. The molecule has 5 nitrogen and oxygen atoms in total. The normalized spacial score (nSPS) is 23.4. The Morgan fingerprint density at radius 3 is 3.05 bits per heavy atom. The van der Waals surface area contributed by atoms with Crippen LogP contribution in [0.15, 0.2) is 6.33 Å². The Kier molecular flexibility index (Phi) is 3.66. The van der Waals surface area contributed by atoms with E-state index in [2.05, 4.69) is 19.8 Å². The molecule has 3 rings (SSSR count). The van der Waals surface area contributed by atoms with Crippen molar-refractivity contribution in [3.05, 3.63) is 17.6 Å². The third-order valence-electron chi connectivity index (χ3n) is 4.02. The number of hydrogen-bond acceptors (Lipinski definition) is 5. The van der Waals surface area contributed by atoms with E-state index in [0.29, 0.717) is 5.92 Å². The highest BCUT2D eigenvalue weighted by Crippen LogP contribution is 2.25. The molecule has 0 bridgehead atoms. The van der Waals surface area contributed by atoms with Crippen LogP contribution in [0.4, 0.5) is 5.82 Å². The van der Waals surface area contributed by atoms with Crippen LogP contribution in [-0.4, -0.2) is 55.3 Å². The standard InChI is InChI=1S/C14H22N4O/c1-17(2)14-12-8-18(7-11-4-6-19-9-11)5-3-13(12)15-10-16-14/h10-11H,3-9H2,1-2H3. The first kappa shape index (κ1) is 12.8. The van der Waals surface area contributed by atoms with Gasteiger partial charge in [-0.05, 0) is 12.3 Å². The van der Waals surface area contributed by atoms with Crippen LogP contribution in [0.3, 0.4) is 0 Å². The average Bonchev–Trinajstić information content (AvgIpc) is 2.90. The summed E-state index contributed by atoms with van der Waals surface area (Å²) in [7, 11) is 4.10. The minimum absolute atomic E-state index is 0.703. The zero-order valence-corrected chi connectivity index (χ0v) is 11.8. The third kappa shape index (κ3) is 2.72. The van der Waals surface area contributed by atoms with Crippen LogP contribution in [0.2, 0.25) is 0 Å². The first-order valence-corrected chi connectivity index (χ1v) is 7.04. The summed E-state index contributed by atoms with van der Waals surface area (Å²) < 4.78 is 5.47. The molecule has 0 aromatic carbocycles. The van der Waals surface area contributed by atoms with E-state index in [1.165, 1.54) is 17.7 Å². The van der Waals surface area contributed by atoms with Gasteiger partial charge in [-0.25, -0.2) is 9.97 Å². The van der Waals surface area contributed by atoms with Gasteiger partial charge >= 0.3 is 0 Å². The fourth-order valence-corrected chi connectivity index (χ4v) is 3.02. The number of ether oxygens (including phenoxy) is 1. The molecule has 0 saturated carbocycles. The van der Waals surface area contributed by atoms with Crippen LogP contribution < -0.4 is 4.90 Å². The average molecular weight is 262 g/mol. The highest BCUT2D eigenvalue weighted by molar-refractivity contribution is 5.48. The first-order chi connectivity index (χ1) is 9.24. The third-order valence-corrected chi connectivity index (χ3v) is 4.02. The quantitative estimate of drug-likeness (QED) is 0.811. The molecular weight excluding hydrogens is 240 g/mol. The van der Waals surface area contributed by atoms with E-state index in [0.717, 1.165) is 45.1 Å². The van der Waals surface area contributed by atoms with Gasteiger partial charge in [0.1, 0.15) is 12.1 Å². The van der Waals surface area contributed by atoms with Crippen LogP contribution in [0.1, 0.15) is 17.7 Å². The van der Waals surface area contributed by atoms with E-state index in [1.54, 1.807) is 6.33 Å². The molecule has 5 heteroatoms. The summed E-state index contributed by atoms with van der Waals surface area (Å²) in [5.74, 6) is 1.77. The van der Waals surface area contributed by atoms with Crippen molar-refractivity contribution < 1.29 is 4.74 Å². The molecule has 1 unspecified atom stereocenters. The van der Waals surface area contributed by atoms with E-state index >= 15 is 0 Å². The van der Waals surface area contributed by atoms with Gasteiger partial charge in [0, 0.05) is 52.3 Å². The van der Waals surface area contributed by atoms with Gasteiger partial charge in [-0.1, -0.05) is 0 Å². The lowest BCUT2D eigenvalue weighted by Gasteiger charge is -2.31. The number of fused-ring (bicyclic) bond motifs is 1. The Morgan fingerprint density at radius 2 is 2.32 bits per heavy atom. The van der Waals surface area contributed by atoms with Crippen LogP contribution in [0, 0.1) is 5.92 Å². The maximum atomic E-state index is 5.47. The highest BCUT2D eigenvalue weighted by Gasteiger charge is 2.25. The predicted octanol–water partition coefficient (Wildman–Crippen LogP) is 0.937. The smallest absolute Gasteiger partial charge is 0.136 e. The molecule has 0 radical (unpaired) electrons. The lowest BCUT2D eigenvalue weighted by Crippen LogP contribution is -2.36. The van der Waals surface area contributed by atoms with Crippen molar-refractivity contribution >= 4 is 5.82 Å². The zero-order valence-electron chi connectivity index (χ0n) is 11.8. The van der Waals surface area contributed by atoms with Crippen molar-refractivity contribution in [3.8, 4) is 0 Å². The Labute approximate surface area is 114 Å². The van der Waals surface area contributed by atoms with Crippen molar-refractivity contribution in [2.24, 2.45) is 5.92 Å². The van der Waals surface area contributed by atoms with Gasteiger partial charge in [0.2, 0.25) is 0 Å². The zero-order chi connectivity index (χ0) is 13.2. The topological polar surface area (TPSA) is 41.5 Å². The molecule has 0 aliphatic carbocycles. The summed E-state index contributed by atoms with van der Waals surface area (Å²) in [6.45, 7) is 5.07. The number of hydrogen-bond donors (Lipinski definition) is 0. The highest BCUT2D eigenvalue weighted by atomic mass is 16.5. The molecule has 1 aromatic rings. The minimum atomic E-state index is 0.703. The van der Waals surface area contributed by atoms with Crippen molar-refractivity contribution in [1.29, 1.82) is 0 Å². The lowest BCUT2D eigenvalue weighted by molar-refractivity contribution is 0.161. The number of rotatable bonds is 3. The lowest BCUT2D eigenvalue weighted by atomic mass is 10.0. The number of anilines is 1. The second kappa shape index (κ2) is 5.43. The Bertz CT molecular complexity index is 443. The maximum absolute atomic E-state index is 5.47.